The van der Waals surface area contributed by atoms with Crippen molar-refractivity contribution in [3.05, 3.63) is 51.5 Å². The molecule has 2 aromatic rings. The SMILES string of the molecule is COCOc1cc(OCOC)c(C(=O)c2ccc(OC)cc2)c(CC(=O)O)c1Br. The molecule has 8 nitrogen and oxygen atoms in total. The highest BCUT2D eigenvalue weighted by Gasteiger charge is 2.26. The lowest BCUT2D eigenvalue weighted by atomic mass is 9.95. The van der Waals surface area contributed by atoms with Crippen LogP contribution in [0.2, 0.25) is 0 Å². The number of ether oxygens (including phenoxy) is 5. The van der Waals surface area contributed by atoms with Gasteiger partial charge >= 0.3 is 5.97 Å². The molecule has 0 saturated heterocycles. The number of hydrogen-bond donors (Lipinski definition) is 1. The highest BCUT2D eigenvalue weighted by atomic mass is 79.9. The maximum absolute atomic E-state index is 13.3. The fourth-order valence-electron chi connectivity index (χ4n) is 2.58. The number of benzene rings is 2. The van der Waals surface area contributed by atoms with Gasteiger partial charge in [-0.1, -0.05) is 0 Å². The summed E-state index contributed by atoms with van der Waals surface area (Å²) in [4.78, 5) is 24.8. The summed E-state index contributed by atoms with van der Waals surface area (Å²) >= 11 is 3.35. The summed E-state index contributed by atoms with van der Waals surface area (Å²) in [6.07, 6.45) is -0.425. The summed E-state index contributed by atoms with van der Waals surface area (Å²) in [5.41, 5.74) is 0.668. The molecule has 0 radical (unpaired) electrons. The average Bonchev–Trinajstić information content (AvgIpc) is 2.72. The molecule has 156 valence electrons. The van der Waals surface area contributed by atoms with Crippen LogP contribution in [0.15, 0.2) is 34.8 Å². The second-order valence-corrected chi connectivity index (χ2v) is 6.56. The van der Waals surface area contributed by atoms with E-state index in [9.17, 15) is 14.7 Å². The van der Waals surface area contributed by atoms with Crippen LogP contribution >= 0.6 is 15.9 Å². The second-order valence-electron chi connectivity index (χ2n) is 5.77. The monoisotopic (exact) mass is 468 g/mol. The smallest absolute Gasteiger partial charge is 0.307 e. The number of methoxy groups -OCH3 is 3. The highest BCUT2D eigenvalue weighted by molar-refractivity contribution is 9.10. The number of aliphatic carboxylic acids is 1. The van der Waals surface area contributed by atoms with Gasteiger partial charge in [0.2, 0.25) is 0 Å². The first kappa shape index (κ1) is 22.7. The molecule has 0 bridgehead atoms. The highest BCUT2D eigenvalue weighted by Crippen LogP contribution is 2.39. The van der Waals surface area contributed by atoms with Gasteiger partial charge in [0.15, 0.2) is 19.4 Å². The molecule has 0 amide bonds. The zero-order valence-corrected chi connectivity index (χ0v) is 17.8. The number of carboxylic acid groups (broad SMARTS) is 1. The fourth-order valence-corrected chi connectivity index (χ4v) is 3.15. The Morgan fingerprint density at radius 1 is 0.966 bits per heavy atom. The molecule has 0 aliphatic rings. The Balaban J connectivity index is 2.64. The lowest BCUT2D eigenvalue weighted by Crippen LogP contribution is -2.15. The van der Waals surface area contributed by atoms with E-state index in [1.807, 2.05) is 0 Å². The van der Waals surface area contributed by atoms with E-state index in [1.54, 1.807) is 24.3 Å². The van der Waals surface area contributed by atoms with Gasteiger partial charge in [0.05, 0.1) is 23.6 Å². The first-order valence-electron chi connectivity index (χ1n) is 8.42. The van der Waals surface area contributed by atoms with E-state index in [0.29, 0.717) is 15.8 Å². The Bertz CT molecular complexity index is 864. The summed E-state index contributed by atoms with van der Waals surface area (Å²) in [5, 5.41) is 9.39. The Kier molecular flexibility index (Phi) is 8.44. The van der Waals surface area contributed by atoms with Crippen molar-refractivity contribution in [3.8, 4) is 17.2 Å². The molecule has 0 unspecified atom stereocenters. The van der Waals surface area contributed by atoms with Crippen LogP contribution in [0.5, 0.6) is 17.2 Å². The lowest BCUT2D eigenvalue weighted by Gasteiger charge is -2.19. The number of halogens is 1. The van der Waals surface area contributed by atoms with Crippen LogP contribution in [0.25, 0.3) is 0 Å². The number of rotatable bonds is 11. The van der Waals surface area contributed by atoms with E-state index in [1.165, 1.54) is 27.4 Å². The number of ketones is 1. The molecule has 0 atom stereocenters. The van der Waals surface area contributed by atoms with Crippen molar-refractivity contribution >= 4 is 27.7 Å². The van der Waals surface area contributed by atoms with Gasteiger partial charge in [0, 0.05) is 25.8 Å². The van der Waals surface area contributed by atoms with Crippen molar-refractivity contribution in [2.24, 2.45) is 0 Å². The number of carbonyl (C=O) groups is 2. The summed E-state index contributed by atoms with van der Waals surface area (Å²) in [6.45, 7) is -0.207. The topological polar surface area (TPSA) is 101 Å². The van der Waals surface area contributed by atoms with Crippen LogP contribution in [0.1, 0.15) is 21.5 Å². The van der Waals surface area contributed by atoms with E-state index < -0.39 is 18.2 Å². The van der Waals surface area contributed by atoms with Crippen LogP contribution in [-0.2, 0) is 20.7 Å². The molecule has 0 saturated carbocycles. The van der Waals surface area contributed by atoms with E-state index in [4.69, 9.17) is 23.7 Å². The van der Waals surface area contributed by atoms with Gasteiger partial charge in [-0.15, -0.1) is 0 Å². The molecule has 0 fully saturated rings. The van der Waals surface area contributed by atoms with E-state index in [2.05, 4.69) is 15.9 Å². The Hall–Kier alpha value is -2.62. The number of hydrogen-bond acceptors (Lipinski definition) is 7. The zero-order chi connectivity index (χ0) is 21.4. The molecule has 0 heterocycles. The minimum absolute atomic E-state index is 0.0688. The maximum atomic E-state index is 13.3. The van der Waals surface area contributed by atoms with Crippen molar-refractivity contribution in [1.29, 1.82) is 0 Å². The first-order chi connectivity index (χ1) is 13.9. The van der Waals surface area contributed by atoms with Gasteiger partial charge in [-0.05, 0) is 45.8 Å². The third-order valence-corrected chi connectivity index (χ3v) is 4.73. The van der Waals surface area contributed by atoms with Crippen molar-refractivity contribution in [1.82, 2.24) is 0 Å². The molecule has 0 aromatic heterocycles. The first-order valence-corrected chi connectivity index (χ1v) is 9.21. The molecule has 0 aliphatic heterocycles. The summed E-state index contributed by atoms with van der Waals surface area (Å²) in [7, 11) is 4.41. The molecule has 29 heavy (non-hydrogen) atoms. The standard InChI is InChI=1S/C20H21BrO8/c1-25-10-28-15-9-16(29-11-26-2)19(21)14(8-17(22)23)18(15)20(24)12-4-6-13(27-3)7-5-12/h4-7,9H,8,10-11H2,1-3H3,(H,22,23). The minimum Gasteiger partial charge on any atom is -0.497 e. The van der Waals surface area contributed by atoms with Crippen LogP contribution in [-0.4, -0.2) is 51.8 Å². The van der Waals surface area contributed by atoms with E-state index >= 15 is 0 Å². The zero-order valence-electron chi connectivity index (χ0n) is 16.2. The van der Waals surface area contributed by atoms with Crippen molar-refractivity contribution in [3.63, 3.8) is 0 Å². The molecular formula is C20H21BrO8. The Morgan fingerprint density at radius 3 is 2.07 bits per heavy atom. The summed E-state index contributed by atoms with van der Waals surface area (Å²) in [6, 6.07) is 7.96. The molecule has 2 aromatic carbocycles. The minimum atomic E-state index is -1.11. The Labute approximate surface area is 176 Å². The molecule has 0 aliphatic carbocycles. The van der Waals surface area contributed by atoms with Crippen LogP contribution < -0.4 is 14.2 Å². The normalized spacial score (nSPS) is 10.5. The van der Waals surface area contributed by atoms with Crippen molar-refractivity contribution < 1.29 is 38.4 Å². The Morgan fingerprint density at radius 2 is 1.55 bits per heavy atom. The lowest BCUT2D eigenvalue weighted by molar-refractivity contribution is -0.136. The van der Waals surface area contributed by atoms with Crippen LogP contribution in [0.3, 0.4) is 0 Å². The second kappa shape index (κ2) is 10.8. The van der Waals surface area contributed by atoms with Crippen LogP contribution in [0, 0.1) is 0 Å². The van der Waals surface area contributed by atoms with Gasteiger partial charge in [-0.25, -0.2) is 0 Å². The molecule has 1 N–H and O–H groups in total. The third kappa shape index (κ3) is 5.69. The molecule has 9 heteroatoms. The van der Waals surface area contributed by atoms with Gasteiger partial charge in [-0.2, -0.15) is 0 Å². The van der Waals surface area contributed by atoms with Gasteiger partial charge < -0.3 is 28.8 Å². The van der Waals surface area contributed by atoms with Gasteiger partial charge in [0.25, 0.3) is 0 Å². The summed E-state index contributed by atoms with van der Waals surface area (Å²) < 4.78 is 26.4. The third-order valence-electron chi connectivity index (χ3n) is 3.86. The van der Waals surface area contributed by atoms with Crippen molar-refractivity contribution in [2.75, 3.05) is 34.9 Å². The molecule has 2 rings (SSSR count). The average molecular weight is 469 g/mol. The molecular weight excluding hydrogens is 448 g/mol. The summed E-state index contributed by atoms with van der Waals surface area (Å²) in [5.74, 6) is -0.517. The largest absolute Gasteiger partial charge is 0.497 e. The van der Waals surface area contributed by atoms with Gasteiger partial charge in [0.1, 0.15) is 17.2 Å². The van der Waals surface area contributed by atoms with Gasteiger partial charge in [-0.3, -0.25) is 9.59 Å². The predicted molar refractivity (Wildman–Crippen MR) is 107 cm³/mol. The van der Waals surface area contributed by atoms with Crippen molar-refractivity contribution in [2.45, 2.75) is 6.42 Å². The number of carbonyl (C=O) groups excluding carboxylic acids is 1. The van der Waals surface area contributed by atoms with E-state index in [-0.39, 0.29) is 36.2 Å². The van der Waals surface area contributed by atoms with Crippen LogP contribution in [0.4, 0.5) is 0 Å². The fraction of sp³-hybridized carbons (Fsp3) is 0.300. The predicted octanol–water partition coefficient (Wildman–Crippen LogP) is 3.28. The number of carboxylic acids is 1. The molecule has 0 spiro atoms. The maximum Gasteiger partial charge on any atom is 0.307 e. The van der Waals surface area contributed by atoms with E-state index in [0.717, 1.165) is 0 Å². The quantitative estimate of drug-likeness (QED) is 0.396.